The first-order valence-electron chi connectivity index (χ1n) is 6.43. The van der Waals surface area contributed by atoms with Gasteiger partial charge in [0, 0.05) is 11.9 Å². The maximum absolute atomic E-state index is 8.66. The number of halogens is 1. The molecule has 0 radical (unpaired) electrons. The zero-order valence-corrected chi connectivity index (χ0v) is 12.7. The van der Waals surface area contributed by atoms with E-state index in [9.17, 15) is 0 Å². The number of hydrogen-bond acceptors (Lipinski definition) is 4. The summed E-state index contributed by atoms with van der Waals surface area (Å²) in [4.78, 5) is 8.47. The Morgan fingerprint density at radius 1 is 1.19 bits per heavy atom. The van der Waals surface area contributed by atoms with Crippen LogP contribution in [0.25, 0.3) is 5.65 Å². The van der Waals surface area contributed by atoms with Gasteiger partial charge in [-0.05, 0) is 33.6 Å². The second kappa shape index (κ2) is 5.94. The number of rotatable bonds is 4. The highest BCUT2D eigenvalue weighted by atomic mass is 79.9. The quantitative estimate of drug-likeness (QED) is 0.791. The second-order valence-corrected chi connectivity index (χ2v) is 5.39. The van der Waals surface area contributed by atoms with E-state index in [-0.39, 0.29) is 0 Å². The fraction of sp³-hybridized carbons (Fsp3) is 0.133. The number of anilines is 1. The van der Waals surface area contributed by atoms with Crippen LogP contribution in [0.3, 0.4) is 0 Å². The Balaban J connectivity index is 1.74. The SMILES string of the molecule is N#CCc1ccc(NCc2cnc3cnc(Br)cn23)cc1. The molecule has 104 valence electrons. The highest BCUT2D eigenvalue weighted by Crippen LogP contribution is 2.14. The number of nitrogens with zero attached hydrogens (tertiary/aromatic N) is 4. The van der Waals surface area contributed by atoms with Crippen LogP contribution in [0, 0.1) is 11.3 Å². The maximum Gasteiger partial charge on any atom is 0.155 e. The molecule has 6 heteroatoms. The Morgan fingerprint density at radius 3 is 2.76 bits per heavy atom. The van der Waals surface area contributed by atoms with Gasteiger partial charge in [0.15, 0.2) is 5.65 Å². The molecule has 0 spiro atoms. The van der Waals surface area contributed by atoms with Crippen molar-refractivity contribution in [3.8, 4) is 6.07 Å². The van der Waals surface area contributed by atoms with Gasteiger partial charge in [0.2, 0.25) is 0 Å². The summed E-state index contributed by atoms with van der Waals surface area (Å²) in [5, 5.41) is 12.0. The van der Waals surface area contributed by atoms with E-state index in [1.54, 1.807) is 6.20 Å². The molecule has 0 saturated carbocycles. The average molecular weight is 342 g/mol. The lowest BCUT2D eigenvalue weighted by Gasteiger charge is -2.07. The molecular weight excluding hydrogens is 330 g/mol. The number of nitrogens with one attached hydrogen (secondary N) is 1. The Bertz CT molecular complexity index is 801. The molecule has 0 atom stereocenters. The fourth-order valence-corrected chi connectivity index (χ4v) is 2.38. The van der Waals surface area contributed by atoms with Gasteiger partial charge in [-0.2, -0.15) is 5.26 Å². The summed E-state index contributed by atoms with van der Waals surface area (Å²) in [7, 11) is 0. The van der Waals surface area contributed by atoms with Crippen molar-refractivity contribution in [2.24, 2.45) is 0 Å². The fourth-order valence-electron chi connectivity index (χ4n) is 2.07. The highest BCUT2D eigenvalue weighted by Gasteiger charge is 2.04. The van der Waals surface area contributed by atoms with Crippen molar-refractivity contribution in [3.05, 3.63) is 58.7 Å². The van der Waals surface area contributed by atoms with Gasteiger partial charge in [-0.15, -0.1) is 0 Å². The van der Waals surface area contributed by atoms with Gasteiger partial charge >= 0.3 is 0 Å². The number of hydrogen-bond donors (Lipinski definition) is 1. The molecule has 0 aliphatic carbocycles. The van der Waals surface area contributed by atoms with Gasteiger partial charge in [-0.3, -0.25) is 4.40 Å². The van der Waals surface area contributed by atoms with E-state index in [0.717, 1.165) is 27.2 Å². The molecule has 1 N–H and O–H groups in total. The molecule has 0 unspecified atom stereocenters. The Morgan fingerprint density at radius 2 is 2.00 bits per heavy atom. The van der Waals surface area contributed by atoms with Gasteiger partial charge in [0.1, 0.15) is 4.60 Å². The van der Waals surface area contributed by atoms with E-state index in [0.29, 0.717) is 13.0 Å². The highest BCUT2D eigenvalue weighted by molar-refractivity contribution is 9.10. The molecule has 2 aromatic heterocycles. The summed E-state index contributed by atoms with van der Waals surface area (Å²) < 4.78 is 2.77. The molecule has 0 amide bonds. The molecule has 3 rings (SSSR count). The molecule has 3 aromatic rings. The van der Waals surface area contributed by atoms with E-state index in [1.165, 1.54) is 0 Å². The van der Waals surface area contributed by atoms with Crippen LogP contribution in [-0.2, 0) is 13.0 Å². The van der Waals surface area contributed by atoms with Crippen molar-refractivity contribution in [1.29, 1.82) is 5.26 Å². The van der Waals surface area contributed by atoms with Crippen molar-refractivity contribution in [2.45, 2.75) is 13.0 Å². The number of benzene rings is 1. The van der Waals surface area contributed by atoms with Crippen LogP contribution in [-0.4, -0.2) is 14.4 Å². The van der Waals surface area contributed by atoms with Crippen molar-refractivity contribution in [1.82, 2.24) is 14.4 Å². The number of fused-ring (bicyclic) bond motifs is 1. The first-order valence-corrected chi connectivity index (χ1v) is 7.23. The van der Waals surface area contributed by atoms with Gasteiger partial charge < -0.3 is 5.32 Å². The lowest BCUT2D eigenvalue weighted by atomic mass is 10.1. The summed E-state index contributed by atoms with van der Waals surface area (Å²) in [6.07, 6.45) is 5.90. The lowest BCUT2D eigenvalue weighted by molar-refractivity contribution is 0.983. The standard InChI is InChI=1S/C15H12BrN5/c16-14-10-21-13(8-20-15(21)9-19-14)7-18-12-3-1-11(2-4-12)5-6-17/h1-4,8-10,18H,5,7H2. The monoisotopic (exact) mass is 341 g/mol. The third-order valence-corrected chi connectivity index (χ3v) is 3.56. The van der Waals surface area contributed by atoms with Gasteiger partial charge in [0.25, 0.3) is 0 Å². The molecule has 0 saturated heterocycles. The van der Waals surface area contributed by atoms with Crippen LogP contribution in [0.15, 0.2) is 47.5 Å². The largest absolute Gasteiger partial charge is 0.379 e. The normalized spacial score (nSPS) is 10.5. The number of imidazole rings is 1. The van der Waals surface area contributed by atoms with Crippen LogP contribution < -0.4 is 5.32 Å². The molecular formula is C15H12BrN5. The first-order chi connectivity index (χ1) is 10.3. The first kappa shape index (κ1) is 13.6. The van der Waals surface area contributed by atoms with Crippen LogP contribution in [0.5, 0.6) is 0 Å². The summed E-state index contributed by atoms with van der Waals surface area (Å²) in [5.74, 6) is 0. The number of nitriles is 1. The average Bonchev–Trinajstić information content (AvgIpc) is 2.89. The van der Waals surface area contributed by atoms with Crippen LogP contribution >= 0.6 is 15.9 Å². The Hall–Kier alpha value is -2.39. The molecule has 0 fully saturated rings. The molecule has 0 aliphatic rings. The van der Waals surface area contributed by atoms with Crippen LogP contribution in [0.1, 0.15) is 11.3 Å². The van der Waals surface area contributed by atoms with Crippen molar-refractivity contribution < 1.29 is 0 Å². The zero-order valence-electron chi connectivity index (χ0n) is 11.1. The molecule has 0 bridgehead atoms. The van der Waals surface area contributed by atoms with Gasteiger partial charge in [-0.25, -0.2) is 9.97 Å². The van der Waals surface area contributed by atoms with E-state index >= 15 is 0 Å². The summed E-state index contributed by atoms with van der Waals surface area (Å²) >= 11 is 3.36. The molecule has 2 heterocycles. The predicted molar refractivity (Wildman–Crippen MR) is 83.8 cm³/mol. The summed E-state index contributed by atoms with van der Waals surface area (Å²) in [6.45, 7) is 0.662. The second-order valence-electron chi connectivity index (χ2n) is 4.57. The van der Waals surface area contributed by atoms with Crippen LogP contribution in [0.4, 0.5) is 5.69 Å². The zero-order chi connectivity index (χ0) is 14.7. The maximum atomic E-state index is 8.66. The summed E-state index contributed by atoms with van der Waals surface area (Å²) in [5.41, 5.74) is 3.90. The third-order valence-electron chi connectivity index (χ3n) is 3.15. The molecule has 1 aromatic carbocycles. The molecule has 0 aliphatic heterocycles. The smallest absolute Gasteiger partial charge is 0.155 e. The van der Waals surface area contributed by atoms with Crippen molar-refractivity contribution >= 4 is 27.3 Å². The van der Waals surface area contributed by atoms with Gasteiger partial charge in [0.05, 0.1) is 37.1 Å². The minimum atomic E-state index is 0.439. The van der Waals surface area contributed by atoms with E-state index in [4.69, 9.17) is 5.26 Å². The van der Waals surface area contributed by atoms with Gasteiger partial charge in [-0.1, -0.05) is 12.1 Å². The lowest BCUT2D eigenvalue weighted by Crippen LogP contribution is -2.03. The molecule has 21 heavy (non-hydrogen) atoms. The topological polar surface area (TPSA) is 66.0 Å². The Kier molecular flexibility index (Phi) is 3.84. The molecule has 5 nitrogen and oxygen atoms in total. The van der Waals surface area contributed by atoms with E-state index < -0.39 is 0 Å². The minimum absolute atomic E-state index is 0.439. The predicted octanol–water partition coefficient (Wildman–Crippen LogP) is 3.17. The van der Waals surface area contributed by atoms with E-state index in [2.05, 4.69) is 37.3 Å². The summed E-state index contributed by atoms with van der Waals surface area (Å²) in [6, 6.07) is 10.0. The Labute approximate surface area is 130 Å². The van der Waals surface area contributed by atoms with E-state index in [1.807, 2.05) is 41.1 Å². The minimum Gasteiger partial charge on any atom is -0.379 e. The number of aromatic nitrogens is 3. The third kappa shape index (κ3) is 3.03. The van der Waals surface area contributed by atoms with Crippen molar-refractivity contribution in [2.75, 3.05) is 5.32 Å². The van der Waals surface area contributed by atoms with Crippen molar-refractivity contribution in [3.63, 3.8) is 0 Å². The van der Waals surface area contributed by atoms with Crippen LogP contribution in [0.2, 0.25) is 0 Å².